The first-order valence-corrected chi connectivity index (χ1v) is 5.00. The monoisotopic (exact) mass is 193 g/mol. The van der Waals surface area contributed by atoms with E-state index in [-0.39, 0.29) is 0 Å². The maximum atomic E-state index is 5.29. The van der Waals surface area contributed by atoms with Gasteiger partial charge >= 0.3 is 0 Å². The summed E-state index contributed by atoms with van der Waals surface area (Å²) in [6.07, 6.45) is 3.95. The minimum Gasteiger partial charge on any atom is -0.469 e. The normalized spacial score (nSPS) is 12.8. The Balaban J connectivity index is 2.58. The van der Waals surface area contributed by atoms with E-state index in [1.807, 2.05) is 20.2 Å². The van der Waals surface area contributed by atoms with Crippen LogP contribution in [-0.4, -0.2) is 7.05 Å². The molecular weight excluding hydrogens is 174 g/mol. The third-order valence-electron chi connectivity index (χ3n) is 2.36. The molecule has 1 aromatic rings. The summed E-state index contributed by atoms with van der Waals surface area (Å²) in [6.45, 7) is 7.94. The fourth-order valence-electron chi connectivity index (χ4n) is 1.51. The molecule has 0 spiro atoms. The molecule has 0 amide bonds. The fourth-order valence-corrected chi connectivity index (χ4v) is 1.51. The molecule has 2 nitrogen and oxygen atoms in total. The molecule has 1 unspecified atom stereocenters. The molecule has 14 heavy (non-hydrogen) atoms. The average molecular weight is 193 g/mol. The van der Waals surface area contributed by atoms with Crippen molar-refractivity contribution in [1.82, 2.24) is 5.32 Å². The van der Waals surface area contributed by atoms with Gasteiger partial charge in [-0.25, -0.2) is 0 Å². The summed E-state index contributed by atoms with van der Waals surface area (Å²) in [6, 6.07) is 2.46. The van der Waals surface area contributed by atoms with Crippen LogP contribution in [0.5, 0.6) is 0 Å². The van der Waals surface area contributed by atoms with Gasteiger partial charge in [-0.2, -0.15) is 0 Å². The van der Waals surface area contributed by atoms with Crippen LogP contribution in [0.25, 0.3) is 0 Å². The summed E-state index contributed by atoms with van der Waals surface area (Å²) in [4.78, 5) is 0. The lowest BCUT2D eigenvalue weighted by Crippen LogP contribution is -2.15. The van der Waals surface area contributed by atoms with E-state index < -0.39 is 0 Å². The average Bonchev–Trinajstić information content (AvgIpc) is 2.53. The zero-order valence-corrected chi connectivity index (χ0v) is 9.26. The Morgan fingerprint density at radius 3 is 2.79 bits per heavy atom. The van der Waals surface area contributed by atoms with Gasteiger partial charge in [0.05, 0.1) is 6.26 Å². The molecule has 0 aliphatic heterocycles. The standard InChI is InChI=1S/C12H19NO/c1-9(2)5-6-12(13-4)11-7-10(3)14-8-11/h7-8,12-13H,1,5-6H2,2-4H3. The van der Waals surface area contributed by atoms with Gasteiger partial charge in [0.15, 0.2) is 0 Å². The summed E-state index contributed by atoms with van der Waals surface area (Å²) in [7, 11) is 1.98. The van der Waals surface area contributed by atoms with Gasteiger partial charge in [-0.1, -0.05) is 5.57 Å². The summed E-state index contributed by atoms with van der Waals surface area (Å²) >= 11 is 0. The number of rotatable bonds is 5. The third kappa shape index (κ3) is 3.04. The Kier molecular flexibility index (Phi) is 3.96. The maximum absolute atomic E-state index is 5.29. The molecule has 2 heteroatoms. The van der Waals surface area contributed by atoms with Crippen molar-refractivity contribution < 1.29 is 4.42 Å². The van der Waals surface area contributed by atoms with Crippen LogP contribution in [-0.2, 0) is 0 Å². The Labute approximate surface area is 86.0 Å². The number of allylic oxidation sites excluding steroid dienone is 1. The first kappa shape index (κ1) is 11.1. The minimum absolute atomic E-state index is 0.379. The highest BCUT2D eigenvalue weighted by atomic mass is 16.3. The number of nitrogens with one attached hydrogen (secondary N) is 1. The van der Waals surface area contributed by atoms with Crippen LogP contribution < -0.4 is 5.32 Å². The van der Waals surface area contributed by atoms with Crippen LogP contribution in [0.3, 0.4) is 0 Å². The van der Waals surface area contributed by atoms with Gasteiger partial charge < -0.3 is 9.73 Å². The van der Waals surface area contributed by atoms with E-state index in [0.717, 1.165) is 18.6 Å². The molecule has 0 aliphatic rings. The van der Waals surface area contributed by atoms with Crippen molar-refractivity contribution in [2.24, 2.45) is 0 Å². The van der Waals surface area contributed by atoms with E-state index in [1.165, 1.54) is 11.1 Å². The molecule has 1 rings (SSSR count). The third-order valence-corrected chi connectivity index (χ3v) is 2.36. The van der Waals surface area contributed by atoms with Gasteiger partial charge in [-0.05, 0) is 39.8 Å². The number of hydrogen-bond donors (Lipinski definition) is 1. The SMILES string of the molecule is C=C(C)CCC(NC)c1coc(C)c1. The van der Waals surface area contributed by atoms with Crippen molar-refractivity contribution in [3.8, 4) is 0 Å². The second-order valence-corrected chi connectivity index (χ2v) is 3.83. The lowest BCUT2D eigenvalue weighted by atomic mass is 10.0. The Bertz CT molecular complexity index is 301. The van der Waals surface area contributed by atoms with Gasteiger partial charge in [0.25, 0.3) is 0 Å². The molecule has 1 N–H and O–H groups in total. The quantitative estimate of drug-likeness (QED) is 0.726. The van der Waals surface area contributed by atoms with Crippen molar-refractivity contribution in [2.45, 2.75) is 32.7 Å². The largest absolute Gasteiger partial charge is 0.469 e. The van der Waals surface area contributed by atoms with Gasteiger partial charge in [0.2, 0.25) is 0 Å². The lowest BCUT2D eigenvalue weighted by molar-refractivity contribution is 0.510. The summed E-state index contributed by atoms with van der Waals surface area (Å²) in [5, 5.41) is 3.29. The molecule has 1 heterocycles. The highest BCUT2D eigenvalue weighted by Crippen LogP contribution is 2.21. The van der Waals surface area contributed by atoms with Crippen LogP contribution in [0, 0.1) is 6.92 Å². The summed E-state index contributed by atoms with van der Waals surface area (Å²) < 4.78 is 5.29. The first-order chi connectivity index (χ1) is 6.63. The topological polar surface area (TPSA) is 25.2 Å². The molecule has 0 fully saturated rings. The molecule has 1 aromatic heterocycles. The summed E-state index contributed by atoms with van der Waals surface area (Å²) in [5.41, 5.74) is 2.46. The maximum Gasteiger partial charge on any atom is 0.101 e. The highest BCUT2D eigenvalue weighted by Gasteiger charge is 2.10. The second kappa shape index (κ2) is 5.01. The van der Waals surface area contributed by atoms with Crippen LogP contribution in [0.15, 0.2) is 28.9 Å². The zero-order valence-electron chi connectivity index (χ0n) is 9.26. The van der Waals surface area contributed by atoms with Gasteiger partial charge in [0, 0.05) is 11.6 Å². The van der Waals surface area contributed by atoms with E-state index in [1.54, 1.807) is 0 Å². The molecule has 0 aliphatic carbocycles. The predicted octanol–water partition coefficient (Wildman–Crippen LogP) is 3.20. The van der Waals surface area contributed by atoms with Crippen molar-refractivity contribution in [3.05, 3.63) is 35.8 Å². The molecular formula is C12H19NO. The van der Waals surface area contributed by atoms with Gasteiger partial charge in [-0.15, -0.1) is 6.58 Å². The van der Waals surface area contributed by atoms with Crippen LogP contribution in [0.2, 0.25) is 0 Å². The zero-order chi connectivity index (χ0) is 10.6. The molecule has 0 saturated heterocycles. The molecule has 0 saturated carbocycles. The van der Waals surface area contributed by atoms with Gasteiger partial charge in [0.1, 0.15) is 5.76 Å². The smallest absolute Gasteiger partial charge is 0.101 e. The second-order valence-electron chi connectivity index (χ2n) is 3.83. The van der Waals surface area contributed by atoms with E-state index >= 15 is 0 Å². The van der Waals surface area contributed by atoms with Crippen LogP contribution >= 0.6 is 0 Å². The highest BCUT2D eigenvalue weighted by molar-refractivity contribution is 5.16. The van der Waals surface area contributed by atoms with Crippen molar-refractivity contribution >= 4 is 0 Å². The number of aryl methyl sites for hydroxylation is 1. The predicted molar refractivity (Wildman–Crippen MR) is 59.3 cm³/mol. The molecule has 0 bridgehead atoms. The van der Waals surface area contributed by atoms with E-state index in [2.05, 4.69) is 24.9 Å². The molecule has 78 valence electrons. The molecule has 0 aromatic carbocycles. The van der Waals surface area contributed by atoms with Gasteiger partial charge in [-0.3, -0.25) is 0 Å². The van der Waals surface area contributed by atoms with E-state index in [4.69, 9.17) is 4.42 Å². The summed E-state index contributed by atoms with van der Waals surface area (Å²) in [5.74, 6) is 0.968. The number of furan rings is 1. The van der Waals surface area contributed by atoms with Crippen molar-refractivity contribution in [1.29, 1.82) is 0 Å². The lowest BCUT2D eigenvalue weighted by Gasteiger charge is -2.13. The Morgan fingerprint density at radius 2 is 2.36 bits per heavy atom. The first-order valence-electron chi connectivity index (χ1n) is 5.00. The fraction of sp³-hybridized carbons (Fsp3) is 0.500. The molecule has 1 atom stereocenters. The Hall–Kier alpha value is -1.02. The van der Waals surface area contributed by atoms with E-state index in [0.29, 0.717) is 6.04 Å². The van der Waals surface area contributed by atoms with E-state index in [9.17, 15) is 0 Å². The van der Waals surface area contributed by atoms with Crippen molar-refractivity contribution in [2.75, 3.05) is 7.05 Å². The Morgan fingerprint density at radius 1 is 1.64 bits per heavy atom. The van der Waals surface area contributed by atoms with Crippen LogP contribution in [0.4, 0.5) is 0 Å². The van der Waals surface area contributed by atoms with Crippen molar-refractivity contribution in [3.63, 3.8) is 0 Å². The molecule has 0 radical (unpaired) electrons. The number of hydrogen-bond acceptors (Lipinski definition) is 2. The van der Waals surface area contributed by atoms with Crippen LogP contribution in [0.1, 0.15) is 37.1 Å². The minimum atomic E-state index is 0.379.